The summed E-state index contributed by atoms with van der Waals surface area (Å²) in [5, 5.41) is 10.2. The van der Waals surface area contributed by atoms with Gasteiger partial charge in [-0.2, -0.15) is 0 Å². The average molecular weight is 147 g/mol. The molecule has 1 rings (SSSR count). The standard InChI is InChI=1S/C5H9NO4/c1-4-5(6(7)8)2-9-3-10-4/h4-5H,2-3H2,1H3. The van der Waals surface area contributed by atoms with E-state index in [1.54, 1.807) is 6.92 Å². The minimum absolute atomic E-state index is 0.161. The molecular formula is C5H9NO4. The van der Waals surface area contributed by atoms with Gasteiger partial charge < -0.3 is 9.47 Å². The molecule has 0 spiro atoms. The van der Waals surface area contributed by atoms with Crippen LogP contribution in [0.2, 0.25) is 0 Å². The highest BCUT2D eigenvalue weighted by atomic mass is 16.7. The molecule has 0 amide bonds. The Labute approximate surface area is 58.1 Å². The number of ether oxygens (including phenoxy) is 2. The van der Waals surface area contributed by atoms with Gasteiger partial charge in [-0.1, -0.05) is 0 Å². The van der Waals surface area contributed by atoms with E-state index in [0.29, 0.717) is 0 Å². The Morgan fingerprint density at radius 1 is 1.70 bits per heavy atom. The maximum absolute atomic E-state index is 10.2. The Balaban J connectivity index is 2.47. The van der Waals surface area contributed by atoms with Crippen molar-refractivity contribution in [1.82, 2.24) is 0 Å². The number of hydrogen-bond donors (Lipinski definition) is 0. The van der Waals surface area contributed by atoms with E-state index in [1.807, 2.05) is 0 Å². The molecule has 1 fully saturated rings. The van der Waals surface area contributed by atoms with Crippen LogP contribution in [-0.2, 0) is 9.47 Å². The highest BCUT2D eigenvalue weighted by Gasteiger charge is 2.32. The van der Waals surface area contributed by atoms with Crippen LogP contribution in [0.4, 0.5) is 0 Å². The molecule has 2 unspecified atom stereocenters. The summed E-state index contributed by atoms with van der Waals surface area (Å²) in [5.74, 6) is 0. The molecule has 0 aromatic carbocycles. The first kappa shape index (κ1) is 7.43. The maximum atomic E-state index is 10.2. The number of rotatable bonds is 1. The van der Waals surface area contributed by atoms with E-state index in [-0.39, 0.29) is 24.4 Å². The summed E-state index contributed by atoms with van der Waals surface area (Å²) < 4.78 is 9.64. The monoisotopic (exact) mass is 147 g/mol. The number of nitrogens with zero attached hydrogens (tertiary/aromatic N) is 1. The van der Waals surface area contributed by atoms with Crippen molar-refractivity contribution >= 4 is 0 Å². The van der Waals surface area contributed by atoms with Gasteiger partial charge in [0.15, 0.2) is 0 Å². The van der Waals surface area contributed by atoms with Gasteiger partial charge in [0.05, 0.1) is 0 Å². The van der Waals surface area contributed by atoms with Crippen LogP contribution in [-0.4, -0.2) is 30.5 Å². The fourth-order valence-corrected chi connectivity index (χ4v) is 0.803. The Bertz CT molecular complexity index is 138. The van der Waals surface area contributed by atoms with Gasteiger partial charge >= 0.3 is 0 Å². The molecular weight excluding hydrogens is 138 g/mol. The van der Waals surface area contributed by atoms with Gasteiger partial charge in [0.25, 0.3) is 6.04 Å². The molecule has 58 valence electrons. The average Bonchev–Trinajstić information content (AvgIpc) is 1.88. The van der Waals surface area contributed by atoms with E-state index in [0.717, 1.165) is 0 Å². The lowest BCUT2D eigenvalue weighted by atomic mass is 10.2. The Morgan fingerprint density at radius 3 is 2.80 bits per heavy atom. The quantitative estimate of drug-likeness (QED) is 0.387. The van der Waals surface area contributed by atoms with Crippen molar-refractivity contribution in [1.29, 1.82) is 0 Å². The molecule has 1 aliphatic heterocycles. The lowest BCUT2D eigenvalue weighted by Gasteiger charge is -2.22. The van der Waals surface area contributed by atoms with E-state index >= 15 is 0 Å². The molecule has 0 N–H and O–H groups in total. The van der Waals surface area contributed by atoms with Gasteiger partial charge in [0.1, 0.15) is 19.5 Å². The summed E-state index contributed by atoms with van der Waals surface area (Å²) in [5.41, 5.74) is 0. The lowest BCUT2D eigenvalue weighted by Crippen LogP contribution is -2.42. The summed E-state index contributed by atoms with van der Waals surface area (Å²) >= 11 is 0. The zero-order valence-electron chi connectivity index (χ0n) is 5.65. The van der Waals surface area contributed by atoms with E-state index < -0.39 is 6.04 Å². The summed E-state index contributed by atoms with van der Waals surface area (Å²) in [6, 6.07) is -0.700. The molecule has 5 nitrogen and oxygen atoms in total. The second kappa shape index (κ2) is 2.94. The molecule has 5 heteroatoms. The molecule has 0 aromatic rings. The first-order valence-electron chi connectivity index (χ1n) is 3.04. The molecule has 1 heterocycles. The van der Waals surface area contributed by atoms with E-state index in [9.17, 15) is 10.1 Å². The van der Waals surface area contributed by atoms with Gasteiger partial charge in [0, 0.05) is 4.92 Å². The first-order chi connectivity index (χ1) is 4.72. The van der Waals surface area contributed by atoms with E-state index in [2.05, 4.69) is 0 Å². The molecule has 10 heavy (non-hydrogen) atoms. The largest absolute Gasteiger partial charge is 0.348 e. The second-order valence-electron chi connectivity index (χ2n) is 2.21. The Hall–Kier alpha value is -0.680. The zero-order chi connectivity index (χ0) is 7.56. The molecule has 0 saturated carbocycles. The van der Waals surface area contributed by atoms with Crippen molar-refractivity contribution in [3.05, 3.63) is 10.1 Å². The highest BCUT2D eigenvalue weighted by Crippen LogP contribution is 2.08. The van der Waals surface area contributed by atoms with Gasteiger partial charge in [-0.25, -0.2) is 0 Å². The summed E-state index contributed by atoms with van der Waals surface area (Å²) in [7, 11) is 0. The number of nitro groups is 1. The smallest absolute Gasteiger partial charge is 0.261 e. The highest BCUT2D eigenvalue weighted by molar-refractivity contribution is 4.66. The van der Waals surface area contributed by atoms with Crippen LogP contribution in [0.1, 0.15) is 6.92 Å². The summed E-state index contributed by atoms with van der Waals surface area (Å²) in [6.45, 7) is 2.01. The van der Waals surface area contributed by atoms with Crippen molar-refractivity contribution < 1.29 is 14.4 Å². The maximum Gasteiger partial charge on any atom is 0.261 e. The van der Waals surface area contributed by atoms with Crippen LogP contribution in [0, 0.1) is 10.1 Å². The van der Waals surface area contributed by atoms with Crippen LogP contribution >= 0.6 is 0 Å². The third-order valence-corrected chi connectivity index (χ3v) is 1.52. The van der Waals surface area contributed by atoms with Crippen LogP contribution < -0.4 is 0 Å². The molecule has 0 aliphatic carbocycles. The zero-order valence-corrected chi connectivity index (χ0v) is 5.65. The normalized spacial score (nSPS) is 33.7. The SMILES string of the molecule is CC1OCOCC1[N+](=O)[O-]. The Morgan fingerprint density at radius 2 is 2.40 bits per heavy atom. The van der Waals surface area contributed by atoms with Crippen LogP contribution in [0.25, 0.3) is 0 Å². The van der Waals surface area contributed by atoms with Crippen LogP contribution in [0.3, 0.4) is 0 Å². The Kier molecular flexibility index (Phi) is 2.18. The van der Waals surface area contributed by atoms with E-state index in [4.69, 9.17) is 9.47 Å². The minimum atomic E-state index is -0.700. The van der Waals surface area contributed by atoms with Gasteiger partial charge in [-0.05, 0) is 6.92 Å². The molecule has 1 aliphatic rings. The van der Waals surface area contributed by atoms with Crippen molar-refractivity contribution in [2.75, 3.05) is 13.4 Å². The fourth-order valence-electron chi connectivity index (χ4n) is 0.803. The topological polar surface area (TPSA) is 61.6 Å². The van der Waals surface area contributed by atoms with Crippen molar-refractivity contribution in [3.63, 3.8) is 0 Å². The van der Waals surface area contributed by atoms with Crippen LogP contribution in [0.15, 0.2) is 0 Å². The van der Waals surface area contributed by atoms with Gasteiger partial charge in [-0.15, -0.1) is 0 Å². The minimum Gasteiger partial charge on any atom is -0.348 e. The molecule has 2 atom stereocenters. The molecule has 0 radical (unpaired) electrons. The number of hydrogen-bond acceptors (Lipinski definition) is 4. The fraction of sp³-hybridized carbons (Fsp3) is 1.00. The molecule has 0 bridgehead atoms. The van der Waals surface area contributed by atoms with Crippen molar-refractivity contribution in [2.24, 2.45) is 0 Å². The first-order valence-corrected chi connectivity index (χ1v) is 3.04. The lowest BCUT2D eigenvalue weighted by molar-refractivity contribution is -0.548. The van der Waals surface area contributed by atoms with Crippen LogP contribution in [0.5, 0.6) is 0 Å². The van der Waals surface area contributed by atoms with E-state index in [1.165, 1.54) is 0 Å². The predicted molar refractivity (Wildman–Crippen MR) is 32.1 cm³/mol. The third kappa shape index (κ3) is 1.43. The summed E-state index contributed by atoms with van der Waals surface area (Å²) in [6.07, 6.45) is -0.330. The third-order valence-electron chi connectivity index (χ3n) is 1.52. The second-order valence-corrected chi connectivity index (χ2v) is 2.21. The van der Waals surface area contributed by atoms with Crippen molar-refractivity contribution in [3.8, 4) is 0 Å². The molecule has 1 saturated heterocycles. The van der Waals surface area contributed by atoms with Gasteiger partial charge in [0.2, 0.25) is 0 Å². The predicted octanol–water partition coefficient (Wildman–Crippen LogP) is 0.0245. The summed E-state index contributed by atoms with van der Waals surface area (Å²) in [4.78, 5) is 9.84. The molecule has 0 aromatic heterocycles. The van der Waals surface area contributed by atoms with Crippen molar-refractivity contribution in [2.45, 2.75) is 19.1 Å². The van der Waals surface area contributed by atoms with Gasteiger partial charge in [-0.3, -0.25) is 10.1 Å².